The van der Waals surface area contributed by atoms with Crippen LogP contribution >= 0.6 is 22.9 Å². The quantitative estimate of drug-likeness (QED) is 0.792. The summed E-state index contributed by atoms with van der Waals surface area (Å²) in [5, 5.41) is -0.0177. The molecule has 0 radical (unpaired) electrons. The van der Waals surface area contributed by atoms with E-state index in [1.54, 1.807) is 18.2 Å². The van der Waals surface area contributed by atoms with Gasteiger partial charge in [0.15, 0.2) is 10.9 Å². The molecular formula is C12H7ClFN3O2S2. The van der Waals surface area contributed by atoms with Gasteiger partial charge in [-0.2, -0.15) is 8.42 Å². The number of thiazole rings is 1. The topological polar surface area (TPSA) is 72.0 Å². The van der Waals surface area contributed by atoms with Gasteiger partial charge in [0.1, 0.15) is 0 Å². The number of sulfonamides is 1. The van der Waals surface area contributed by atoms with E-state index in [0.717, 1.165) is 22.1 Å². The summed E-state index contributed by atoms with van der Waals surface area (Å²) >= 11 is 6.96. The minimum atomic E-state index is -4.12. The summed E-state index contributed by atoms with van der Waals surface area (Å²) in [7, 11) is -4.12. The number of hydrogen-bond donors (Lipinski definition) is 1. The zero-order valence-corrected chi connectivity index (χ0v) is 12.6. The molecule has 0 aliphatic carbocycles. The Hall–Kier alpha value is -1.77. The van der Waals surface area contributed by atoms with Crippen molar-refractivity contribution in [2.45, 2.75) is 5.03 Å². The third kappa shape index (κ3) is 2.82. The third-order valence-electron chi connectivity index (χ3n) is 2.55. The van der Waals surface area contributed by atoms with Gasteiger partial charge in [-0.15, -0.1) is 0 Å². The predicted octanol–water partition coefficient (Wildman–Crippen LogP) is 3.28. The van der Waals surface area contributed by atoms with Crippen LogP contribution in [0.1, 0.15) is 0 Å². The maximum atomic E-state index is 13.5. The number of halogens is 2. The van der Waals surface area contributed by atoms with E-state index in [1.807, 2.05) is 0 Å². The first-order chi connectivity index (χ1) is 9.95. The van der Waals surface area contributed by atoms with Gasteiger partial charge in [0.05, 0.1) is 10.2 Å². The van der Waals surface area contributed by atoms with E-state index < -0.39 is 20.9 Å². The summed E-state index contributed by atoms with van der Waals surface area (Å²) in [4.78, 5) is 7.66. The van der Waals surface area contributed by atoms with E-state index in [4.69, 9.17) is 11.6 Å². The van der Waals surface area contributed by atoms with Crippen LogP contribution in [0.2, 0.25) is 5.02 Å². The molecular weight excluding hydrogens is 337 g/mol. The SMILES string of the molecule is O=S(=O)(Nc1nc2ccc(Cl)cc2s1)c1ncccc1F. The Morgan fingerprint density at radius 1 is 1.29 bits per heavy atom. The van der Waals surface area contributed by atoms with Crippen molar-refractivity contribution in [2.24, 2.45) is 0 Å². The Balaban J connectivity index is 1.99. The van der Waals surface area contributed by atoms with Crippen LogP contribution < -0.4 is 4.72 Å². The van der Waals surface area contributed by atoms with Crippen molar-refractivity contribution in [1.29, 1.82) is 0 Å². The average molecular weight is 344 g/mol. The van der Waals surface area contributed by atoms with E-state index in [0.29, 0.717) is 10.5 Å². The molecule has 0 spiro atoms. The number of nitrogens with one attached hydrogen (secondary N) is 1. The molecule has 108 valence electrons. The lowest BCUT2D eigenvalue weighted by Gasteiger charge is -2.04. The molecule has 3 aromatic rings. The average Bonchev–Trinajstić information content (AvgIpc) is 2.79. The van der Waals surface area contributed by atoms with E-state index in [1.165, 1.54) is 12.3 Å². The second-order valence-corrected chi connectivity index (χ2v) is 7.09. The molecule has 5 nitrogen and oxygen atoms in total. The number of aromatic nitrogens is 2. The zero-order valence-electron chi connectivity index (χ0n) is 10.2. The second-order valence-electron chi connectivity index (χ2n) is 4.03. The first-order valence-corrected chi connectivity index (χ1v) is 8.33. The van der Waals surface area contributed by atoms with Crippen molar-refractivity contribution in [1.82, 2.24) is 9.97 Å². The number of pyridine rings is 1. The van der Waals surface area contributed by atoms with Gasteiger partial charge in [-0.25, -0.2) is 14.4 Å². The predicted molar refractivity (Wildman–Crippen MR) is 79.6 cm³/mol. The lowest BCUT2D eigenvalue weighted by atomic mass is 10.3. The molecule has 0 unspecified atom stereocenters. The van der Waals surface area contributed by atoms with Gasteiger partial charge in [0.2, 0.25) is 5.03 Å². The number of rotatable bonds is 3. The first kappa shape index (κ1) is 14.2. The number of nitrogens with zero attached hydrogens (tertiary/aromatic N) is 2. The summed E-state index contributed by atoms with van der Waals surface area (Å²) in [5.41, 5.74) is 0.601. The number of hydrogen-bond acceptors (Lipinski definition) is 5. The lowest BCUT2D eigenvalue weighted by molar-refractivity contribution is 0.557. The minimum absolute atomic E-state index is 0.123. The highest BCUT2D eigenvalue weighted by Crippen LogP contribution is 2.29. The maximum Gasteiger partial charge on any atom is 0.284 e. The van der Waals surface area contributed by atoms with E-state index >= 15 is 0 Å². The Morgan fingerprint density at radius 2 is 2.10 bits per heavy atom. The number of fused-ring (bicyclic) bond motifs is 1. The van der Waals surface area contributed by atoms with Crippen LogP contribution in [0.15, 0.2) is 41.6 Å². The Kier molecular flexibility index (Phi) is 3.52. The molecule has 3 rings (SSSR count). The minimum Gasteiger partial charge on any atom is -0.253 e. The normalized spacial score (nSPS) is 11.7. The van der Waals surface area contributed by atoms with E-state index in [-0.39, 0.29) is 5.13 Å². The highest BCUT2D eigenvalue weighted by Gasteiger charge is 2.22. The van der Waals surface area contributed by atoms with Crippen molar-refractivity contribution in [3.63, 3.8) is 0 Å². The maximum absolute atomic E-state index is 13.5. The molecule has 1 N–H and O–H groups in total. The molecule has 0 atom stereocenters. The van der Waals surface area contributed by atoms with E-state index in [9.17, 15) is 12.8 Å². The fourth-order valence-electron chi connectivity index (χ4n) is 1.67. The standard InChI is InChI=1S/C12H7ClFN3O2S2/c13-7-3-4-9-10(6-7)20-12(16-9)17-21(18,19)11-8(14)2-1-5-15-11/h1-6H,(H,16,17). The largest absolute Gasteiger partial charge is 0.284 e. The molecule has 0 bridgehead atoms. The van der Waals surface area contributed by atoms with Gasteiger partial charge in [-0.3, -0.25) is 4.72 Å². The van der Waals surface area contributed by atoms with Crippen LogP contribution in [0.4, 0.5) is 9.52 Å². The molecule has 2 heterocycles. The summed E-state index contributed by atoms with van der Waals surface area (Å²) in [6, 6.07) is 7.34. The van der Waals surface area contributed by atoms with Gasteiger partial charge >= 0.3 is 0 Å². The second kappa shape index (κ2) is 5.21. The number of benzene rings is 1. The molecule has 0 saturated heterocycles. The van der Waals surface area contributed by atoms with Crippen molar-refractivity contribution < 1.29 is 12.8 Å². The van der Waals surface area contributed by atoms with Gasteiger partial charge in [0, 0.05) is 11.2 Å². The van der Waals surface area contributed by atoms with Crippen molar-refractivity contribution >= 4 is 48.3 Å². The van der Waals surface area contributed by atoms with Crippen LogP contribution in [0.25, 0.3) is 10.2 Å². The Bertz CT molecular complexity index is 927. The number of anilines is 1. The van der Waals surface area contributed by atoms with Crippen LogP contribution in [-0.2, 0) is 10.0 Å². The van der Waals surface area contributed by atoms with Crippen molar-refractivity contribution in [2.75, 3.05) is 4.72 Å². The molecule has 1 aromatic carbocycles. The van der Waals surface area contributed by atoms with Crippen LogP contribution in [0.3, 0.4) is 0 Å². The highest BCUT2D eigenvalue weighted by atomic mass is 35.5. The van der Waals surface area contributed by atoms with Gasteiger partial charge < -0.3 is 0 Å². The molecule has 0 aliphatic rings. The van der Waals surface area contributed by atoms with Crippen molar-refractivity contribution in [3.8, 4) is 0 Å². The monoisotopic (exact) mass is 343 g/mol. The van der Waals surface area contributed by atoms with E-state index in [2.05, 4.69) is 14.7 Å². The summed E-state index contributed by atoms with van der Waals surface area (Å²) < 4.78 is 40.7. The molecule has 21 heavy (non-hydrogen) atoms. The third-order valence-corrected chi connectivity index (χ3v) is 5.12. The molecule has 2 aromatic heterocycles. The van der Waals surface area contributed by atoms with Gasteiger partial charge in [-0.05, 0) is 30.3 Å². The Labute approximate surface area is 128 Å². The molecule has 0 aliphatic heterocycles. The smallest absolute Gasteiger partial charge is 0.253 e. The van der Waals surface area contributed by atoms with Crippen molar-refractivity contribution in [3.05, 3.63) is 47.4 Å². The summed E-state index contributed by atoms with van der Waals surface area (Å²) in [5.74, 6) is -0.922. The van der Waals surface area contributed by atoms with Gasteiger partial charge in [-0.1, -0.05) is 22.9 Å². The first-order valence-electron chi connectivity index (χ1n) is 5.65. The highest BCUT2D eigenvalue weighted by molar-refractivity contribution is 7.92. The fourth-order valence-corrected chi connectivity index (χ4v) is 4.06. The lowest BCUT2D eigenvalue weighted by Crippen LogP contribution is -2.15. The van der Waals surface area contributed by atoms with Crippen LogP contribution in [0.5, 0.6) is 0 Å². The Morgan fingerprint density at radius 3 is 2.86 bits per heavy atom. The molecule has 9 heteroatoms. The van der Waals surface area contributed by atoms with Crippen LogP contribution in [0, 0.1) is 5.82 Å². The fraction of sp³-hybridized carbons (Fsp3) is 0. The molecule has 0 amide bonds. The molecule has 0 saturated carbocycles. The molecule has 0 fully saturated rings. The summed E-state index contributed by atoms with van der Waals surface area (Å²) in [6.07, 6.45) is 1.20. The summed E-state index contributed by atoms with van der Waals surface area (Å²) in [6.45, 7) is 0. The van der Waals surface area contributed by atoms with Crippen LogP contribution in [-0.4, -0.2) is 18.4 Å². The zero-order chi connectivity index (χ0) is 15.0. The van der Waals surface area contributed by atoms with Gasteiger partial charge in [0.25, 0.3) is 10.0 Å².